The number of nitrogens with zero attached hydrogens (tertiary/aromatic N) is 1. The first-order chi connectivity index (χ1) is 9.54. The molecule has 2 aromatic rings. The first-order valence-corrected chi connectivity index (χ1v) is 6.35. The minimum Gasteiger partial charge on any atom is -0.506 e. The number of carbonyl (C=O) groups is 1. The summed E-state index contributed by atoms with van der Waals surface area (Å²) in [5.41, 5.74) is 3.34. The van der Waals surface area contributed by atoms with Crippen molar-refractivity contribution in [3.63, 3.8) is 0 Å². The van der Waals surface area contributed by atoms with Crippen LogP contribution in [0.5, 0.6) is 5.75 Å². The van der Waals surface area contributed by atoms with E-state index in [2.05, 4.69) is 0 Å². The molecule has 0 atom stereocenters. The Labute approximate surface area is 118 Å². The average Bonchev–Trinajstić information content (AvgIpc) is 2.44. The Hall–Kier alpha value is -2.60. The van der Waals surface area contributed by atoms with Gasteiger partial charge in [0.1, 0.15) is 11.8 Å². The maximum atomic E-state index is 12.3. The summed E-state index contributed by atoms with van der Waals surface area (Å²) in [6.07, 6.45) is 0.0889. The third-order valence-corrected chi connectivity index (χ3v) is 3.50. The van der Waals surface area contributed by atoms with Gasteiger partial charge in [-0.05, 0) is 31.0 Å². The number of ketones is 1. The summed E-state index contributed by atoms with van der Waals surface area (Å²) in [4.78, 5) is 12.3. The van der Waals surface area contributed by atoms with E-state index in [9.17, 15) is 9.90 Å². The number of phenols is 1. The largest absolute Gasteiger partial charge is 0.506 e. The fourth-order valence-corrected chi connectivity index (χ4v) is 2.15. The fraction of sp³-hybridized carbons (Fsp3) is 0.176. The molecule has 0 amide bonds. The van der Waals surface area contributed by atoms with Crippen LogP contribution in [-0.4, -0.2) is 10.9 Å². The van der Waals surface area contributed by atoms with Crippen molar-refractivity contribution in [2.45, 2.75) is 20.3 Å². The van der Waals surface area contributed by atoms with Crippen molar-refractivity contribution in [3.05, 3.63) is 64.2 Å². The Bertz CT molecular complexity index is 711. The van der Waals surface area contributed by atoms with E-state index in [1.54, 1.807) is 18.2 Å². The van der Waals surface area contributed by atoms with Gasteiger partial charge in [0, 0.05) is 17.5 Å². The summed E-state index contributed by atoms with van der Waals surface area (Å²) in [6.45, 7) is 3.87. The molecule has 100 valence electrons. The Morgan fingerprint density at radius 1 is 1.20 bits per heavy atom. The molecule has 0 aromatic heterocycles. The highest BCUT2D eigenvalue weighted by molar-refractivity contribution is 5.99. The van der Waals surface area contributed by atoms with Crippen LogP contribution in [0.15, 0.2) is 36.4 Å². The van der Waals surface area contributed by atoms with E-state index >= 15 is 0 Å². The second-order valence-electron chi connectivity index (χ2n) is 4.77. The molecular weight excluding hydrogens is 250 g/mol. The second-order valence-corrected chi connectivity index (χ2v) is 4.77. The van der Waals surface area contributed by atoms with Crippen molar-refractivity contribution >= 4 is 5.78 Å². The Morgan fingerprint density at radius 2 is 1.90 bits per heavy atom. The molecule has 0 unspecified atom stereocenters. The van der Waals surface area contributed by atoms with Gasteiger partial charge in [-0.25, -0.2) is 0 Å². The first kappa shape index (κ1) is 13.8. The summed E-state index contributed by atoms with van der Waals surface area (Å²) in [7, 11) is 0. The predicted molar refractivity (Wildman–Crippen MR) is 76.8 cm³/mol. The van der Waals surface area contributed by atoms with E-state index < -0.39 is 0 Å². The van der Waals surface area contributed by atoms with Crippen LogP contribution >= 0.6 is 0 Å². The SMILES string of the molecule is Cc1cccc(C(=O)Cc2cccc(C#N)c2O)c1C. The highest BCUT2D eigenvalue weighted by Crippen LogP contribution is 2.24. The first-order valence-electron chi connectivity index (χ1n) is 6.35. The molecule has 0 saturated heterocycles. The number of para-hydroxylation sites is 1. The van der Waals surface area contributed by atoms with E-state index in [1.165, 1.54) is 6.07 Å². The van der Waals surface area contributed by atoms with Crippen molar-refractivity contribution < 1.29 is 9.90 Å². The number of aryl methyl sites for hydroxylation is 1. The van der Waals surface area contributed by atoms with Crippen LogP contribution in [0, 0.1) is 25.2 Å². The van der Waals surface area contributed by atoms with Crippen LogP contribution in [0.1, 0.15) is 32.6 Å². The number of benzene rings is 2. The van der Waals surface area contributed by atoms with E-state index in [0.717, 1.165) is 11.1 Å². The van der Waals surface area contributed by atoms with Crippen molar-refractivity contribution in [1.82, 2.24) is 0 Å². The van der Waals surface area contributed by atoms with Crippen molar-refractivity contribution in [1.29, 1.82) is 5.26 Å². The highest BCUT2D eigenvalue weighted by atomic mass is 16.3. The number of aromatic hydroxyl groups is 1. The lowest BCUT2D eigenvalue weighted by Crippen LogP contribution is -2.07. The molecule has 1 N–H and O–H groups in total. The summed E-state index contributed by atoms with van der Waals surface area (Å²) >= 11 is 0. The minimum absolute atomic E-state index is 0.0587. The molecule has 0 aliphatic carbocycles. The van der Waals surface area contributed by atoms with Gasteiger partial charge in [0.05, 0.1) is 5.56 Å². The molecule has 2 aromatic carbocycles. The Morgan fingerprint density at radius 3 is 2.60 bits per heavy atom. The van der Waals surface area contributed by atoms with E-state index in [0.29, 0.717) is 11.1 Å². The number of rotatable bonds is 3. The summed E-state index contributed by atoms with van der Waals surface area (Å²) in [6, 6.07) is 12.4. The lowest BCUT2D eigenvalue weighted by atomic mass is 9.95. The smallest absolute Gasteiger partial charge is 0.167 e. The van der Waals surface area contributed by atoms with Gasteiger partial charge in [-0.3, -0.25) is 4.79 Å². The standard InChI is InChI=1S/C17H15NO2/c1-11-5-3-8-15(12(11)2)16(19)9-13-6-4-7-14(10-18)17(13)20/h3-8,20H,9H2,1-2H3. The molecule has 0 aliphatic rings. The Kier molecular flexibility index (Phi) is 3.86. The van der Waals surface area contributed by atoms with Gasteiger partial charge in [0.25, 0.3) is 0 Å². The van der Waals surface area contributed by atoms with Crippen LogP contribution < -0.4 is 0 Å². The number of hydrogen-bond acceptors (Lipinski definition) is 3. The second kappa shape index (κ2) is 5.58. The van der Waals surface area contributed by atoms with Crippen molar-refractivity contribution in [3.8, 4) is 11.8 Å². The molecule has 20 heavy (non-hydrogen) atoms. The molecule has 0 heterocycles. The topological polar surface area (TPSA) is 61.1 Å². The van der Waals surface area contributed by atoms with Crippen molar-refractivity contribution in [2.75, 3.05) is 0 Å². The number of Topliss-reactive ketones (excluding diaryl/α,β-unsaturated/α-hetero) is 1. The van der Waals surface area contributed by atoms with Gasteiger partial charge >= 0.3 is 0 Å². The molecule has 3 heteroatoms. The van der Waals surface area contributed by atoms with Gasteiger partial charge in [0.2, 0.25) is 0 Å². The lowest BCUT2D eigenvalue weighted by Gasteiger charge is -2.09. The molecule has 0 spiro atoms. The molecule has 0 radical (unpaired) electrons. The van der Waals surface area contributed by atoms with E-state index in [-0.39, 0.29) is 23.5 Å². The molecular formula is C17H15NO2. The number of nitriles is 1. The molecule has 0 aliphatic heterocycles. The molecule has 0 fully saturated rings. The number of carbonyl (C=O) groups excluding carboxylic acids is 1. The third kappa shape index (κ3) is 2.55. The van der Waals surface area contributed by atoms with Crippen LogP contribution in [0.2, 0.25) is 0 Å². The number of hydrogen-bond donors (Lipinski definition) is 1. The van der Waals surface area contributed by atoms with Gasteiger partial charge in [0.15, 0.2) is 5.78 Å². The fourth-order valence-electron chi connectivity index (χ4n) is 2.15. The van der Waals surface area contributed by atoms with Crippen LogP contribution in [0.25, 0.3) is 0 Å². The maximum absolute atomic E-state index is 12.3. The number of phenolic OH excluding ortho intramolecular Hbond substituents is 1. The maximum Gasteiger partial charge on any atom is 0.167 e. The Balaban J connectivity index is 2.34. The summed E-state index contributed by atoms with van der Waals surface area (Å²) in [5, 5.41) is 18.8. The lowest BCUT2D eigenvalue weighted by molar-refractivity contribution is 0.0991. The zero-order valence-electron chi connectivity index (χ0n) is 11.5. The minimum atomic E-state index is -0.103. The summed E-state index contributed by atoms with van der Waals surface area (Å²) < 4.78 is 0. The highest BCUT2D eigenvalue weighted by Gasteiger charge is 2.14. The van der Waals surface area contributed by atoms with Crippen LogP contribution in [-0.2, 0) is 6.42 Å². The van der Waals surface area contributed by atoms with E-state index in [4.69, 9.17) is 5.26 Å². The monoisotopic (exact) mass is 265 g/mol. The van der Waals surface area contributed by atoms with Gasteiger partial charge in [-0.15, -0.1) is 0 Å². The zero-order valence-corrected chi connectivity index (χ0v) is 11.5. The van der Waals surface area contributed by atoms with E-state index in [1.807, 2.05) is 32.0 Å². The zero-order chi connectivity index (χ0) is 14.7. The van der Waals surface area contributed by atoms with Crippen LogP contribution in [0.3, 0.4) is 0 Å². The average molecular weight is 265 g/mol. The van der Waals surface area contributed by atoms with Crippen LogP contribution in [0.4, 0.5) is 0 Å². The van der Waals surface area contributed by atoms with Gasteiger partial charge in [-0.2, -0.15) is 5.26 Å². The molecule has 0 saturated carbocycles. The molecule has 3 nitrogen and oxygen atoms in total. The third-order valence-electron chi connectivity index (χ3n) is 3.50. The van der Waals surface area contributed by atoms with Crippen molar-refractivity contribution in [2.24, 2.45) is 0 Å². The normalized spacial score (nSPS) is 10.1. The quantitative estimate of drug-likeness (QED) is 0.866. The summed E-state index contributed by atoms with van der Waals surface area (Å²) in [5.74, 6) is -0.162. The molecule has 2 rings (SSSR count). The van der Waals surface area contributed by atoms with Gasteiger partial charge < -0.3 is 5.11 Å². The van der Waals surface area contributed by atoms with Gasteiger partial charge in [-0.1, -0.05) is 30.3 Å². The predicted octanol–water partition coefficient (Wildman–Crippen LogP) is 3.31. The molecule has 0 bridgehead atoms.